The molecule has 3 aliphatic rings. The van der Waals surface area contributed by atoms with Crippen LogP contribution in [0.4, 0.5) is 4.79 Å². The Labute approximate surface area is 194 Å². The van der Waals surface area contributed by atoms with E-state index in [1.165, 1.54) is 11.1 Å². The van der Waals surface area contributed by atoms with Gasteiger partial charge in [-0.2, -0.15) is 0 Å². The van der Waals surface area contributed by atoms with Crippen molar-refractivity contribution in [2.45, 2.75) is 50.7 Å². The van der Waals surface area contributed by atoms with Crippen LogP contribution in [0.3, 0.4) is 0 Å². The largest absolute Gasteiger partial charge is 0.381 e. The van der Waals surface area contributed by atoms with Crippen LogP contribution in [0.2, 0.25) is 0 Å². The third-order valence-electron chi connectivity index (χ3n) is 7.23. The van der Waals surface area contributed by atoms with Gasteiger partial charge in [-0.3, -0.25) is 4.79 Å². The molecule has 3 N–H and O–H groups in total. The Morgan fingerprint density at radius 1 is 1.00 bits per heavy atom. The average Bonchev–Trinajstić information content (AvgIpc) is 3.25. The second-order valence-electron chi connectivity index (χ2n) is 9.29. The molecule has 0 bridgehead atoms. The Balaban J connectivity index is 1.25. The van der Waals surface area contributed by atoms with Gasteiger partial charge in [0.05, 0.1) is 6.04 Å². The molecule has 2 unspecified atom stereocenters. The van der Waals surface area contributed by atoms with Crippen molar-refractivity contribution in [3.8, 4) is 0 Å². The van der Waals surface area contributed by atoms with E-state index in [2.05, 4.69) is 47.8 Å². The highest BCUT2D eigenvalue weighted by Gasteiger charge is 2.33. The number of nitrogens with zero attached hydrogens (tertiary/aromatic N) is 1. The van der Waals surface area contributed by atoms with Crippen LogP contribution in [0, 0.1) is 5.92 Å². The first-order chi connectivity index (χ1) is 16.1. The molecular weight excluding hydrogens is 414 g/mol. The molecule has 2 aliphatic heterocycles. The van der Waals surface area contributed by atoms with Gasteiger partial charge in [0.15, 0.2) is 0 Å². The third kappa shape index (κ3) is 4.53. The van der Waals surface area contributed by atoms with E-state index in [0.29, 0.717) is 19.8 Å². The predicted octanol–water partition coefficient (Wildman–Crippen LogP) is 4.15. The third-order valence-corrected chi connectivity index (χ3v) is 7.23. The number of carbonyl (C=O) groups excluding carboxylic acids is 2. The fourth-order valence-electron chi connectivity index (χ4n) is 5.34. The lowest BCUT2D eigenvalue weighted by Gasteiger charge is -2.27. The van der Waals surface area contributed by atoms with E-state index in [1.54, 1.807) is 4.90 Å². The molecule has 0 saturated carbocycles. The molecule has 6 heteroatoms. The summed E-state index contributed by atoms with van der Waals surface area (Å²) in [5, 5.41) is 3.24. The highest BCUT2D eigenvalue weighted by molar-refractivity contribution is 5.79. The number of hydrogen-bond donors (Lipinski definition) is 2. The Morgan fingerprint density at radius 2 is 1.76 bits per heavy atom. The zero-order valence-electron chi connectivity index (χ0n) is 18.8. The predicted molar refractivity (Wildman–Crippen MR) is 127 cm³/mol. The Bertz CT molecular complexity index is 1060. The van der Waals surface area contributed by atoms with Gasteiger partial charge in [-0.05, 0) is 59.9 Å². The molecule has 1 saturated heterocycles. The Hall–Kier alpha value is -3.12. The highest BCUT2D eigenvalue weighted by atomic mass is 16.5. The van der Waals surface area contributed by atoms with E-state index in [0.717, 1.165) is 48.8 Å². The minimum absolute atomic E-state index is 0.0948. The molecule has 3 amide bonds. The highest BCUT2D eigenvalue weighted by Crippen LogP contribution is 2.39. The topological polar surface area (TPSA) is 84.7 Å². The van der Waals surface area contributed by atoms with Crippen molar-refractivity contribution in [2.75, 3.05) is 13.2 Å². The maximum Gasteiger partial charge on any atom is 0.315 e. The van der Waals surface area contributed by atoms with Gasteiger partial charge >= 0.3 is 6.03 Å². The van der Waals surface area contributed by atoms with Crippen LogP contribution in [0.5, 0.6) is 0 Å². The Morgan fingerprint density at radius 3 is 2.45 bits per heavy atom. The van der Waals surface area contributed by atoms with Gasteiger partial charge in [0.25, 0.3) is 0 Å². The Kier molecular flexibility index (Phi) is 6.18. The van der Waals surface area contributed by atoms with Crippen LogP contribution >= 0.6 is 0 Å². The molecule has 6 nitrogen and oxygen atoms in total. The van der Waals surface area contributed by atoms with Crippen LogP contribution in [-0.2, 0) is 16.1 Å². The lowest BCUT2D eigenvalue weighted by atomic mass is 9.89. The SMILES string of the molecule is NC(=O)N1Cc2ccccc2C1c1ccc(C2=CCC(NC(=O)C3CCOCC3)CC2)cc1. The van der Waals surface area contributed by atoms with Crippen LogP contribution in [0.15, 0.2) is 54.6 Å². The molecule has 33 heavy (non-hydrogen) atoms. The fraction of sp³-hybridized carbons (Fsp3) is 0.407. The van der Waals surface area contributed by atoms with Gasteiger partial charge in [-0.25, -0.2) is 4.79 Å². The van der Waals surface area contributed by atoms with Crippen LogP contribution in [0.1, 0.15) is 60.4 Å². The van der Waals surface area contributed by atoms with Crippen LogP contribution < -0.4 is 11.1 Å². The average molecular weight is 446 g/mol. The van der Waals surface area contributed by atoms with E-state index in [4.69, 9.17) is 10.5 Å². The summed E-state index contributed by atoms with van der Waals surface area (Å²) >= 11 is 0. The van der Waals surface area contributed by atoms with E-state index >= 15 is 0 Å². The number of urea groups is 1. The van der Waals surface area contributed by atoms with Crippen molar-refractivity contribution in [2.24, 2.45) is 11.7 Å². The number of amides is 3. The number of rotatable bonds is 4. The van der Waals surface area contributed by atoms with Crippen LogP contribution in [-0.4, -0.2) is 36.1 Å². The van der Waals surface area contributed by atoms with Crippen molar-refractivity contribution < 1.29 is 14.3 Å². The number of primary amides is 1. The maximum atomic E-state index is 12.5. The lowest BCUT2D eigenvalue weighted by Crippen LogP contribution is -2.41. The van der Waals surface area contributed by atoms with E-state index in [9.17, 15) is 9.59 Å². The van der Waals surface area contributed by atoms with Crippen molar-refractivity contribution in [3.63, 3.8) is 0 Å². The molecule has 172 valence electrons. The van der Waals surface area contributed by atoms with Crippen LogP contribution in [0.25, 0.3) is 5.57 Å². The molecule has 0 aromatic heterocycles. The smallest absolute Gasteiger partial charge is 0.315 e. The summed E-state index contributed by atoms with van der Waals surface area (Å²) in [4.78, 5) is 26.3. The zero-order valence-corrected chi connectivity index (χ0v) is 18.8. The number of nitrogens with one attached hydrogen (secondary N) is 1. The fourth-order valence-corrected chi connectivity index (χ4v) is 5.34. The summed E-state index contributed by atoms with van der Waals surface area (Å²) in [5.41, 5.74) is 11.6. The number of allylic oxidation sites excluding steroid dienone is 1. The monoisotopic (exact) mass is 445 g/mol. The van der Waals surface area contributed by atoms with Crippen molar-refractivity contribution in [1.82, 2.24) is 10.2 Å². The second kappa shape index (κ2) is 9.40. The summed E-state index contributed by atoms with van der Waals surface area (Å²) in [6, 6.07) is 16.3. The summed E-state index contributed by atoms with van der Waals surface area (Å²) in [5.74, 6) is 0.276. The minimum atomic E-state index is -0.399. The van der Waals surface area contributed by atoms with Crippen molar-refractivity contribution in [3.05, 3.63) is 76.9 Å². The molecule has 1 fully saturated rings. The van der Waals surface area contributed by atoms with Crippen molar-refractivity contribution in [1.29, 1.82) is 0 Å². The number of nitrogens with two attached hydrogens (primary N) is 1. The maximum absolute atomic E-state index is 12.5. The summed E-state index contributed by atoms with van der Waals surface area (Å²) in [6.07, 6.45) is 6.66. The van der Waals surface area contributed by atoms with E-state index in [-0.39, 0.29) is 23.9 Å². The first-order valence-corrected chi connectivity index (χ1v) is 11.9. The van der Waals surface area contributed by atoms with E-state index < -0.39 is 6.03 Å². The summed E-state index contributed by atoms with van der Waals surface area (Å²) in [7, 11) is 0. The number of benzene rings is 2. The first-order valence-electron chi connectivity index (χ1n) is 11.9. The number of ether oxygens (including phenoxy) is 1. The molecule has 2 atom stereocenters. The molecular formula is C27H31N3O3. The van der Waals surface area contributed by atoms with E-state index in [1.807, 2.05) is 12.1 Å². The molecule has 0 spiro atoms. The van der Waals surface area contributed by atoms with Gasteiger partial charge in [-0.1, -0.05) is 54.6 Å². The normalized spacial score (nSPS) is 23.0. The van der Waals surface area contributed by atoms with Crippen molar-refractivity contribution >= 4 is 17.5 Å². The summed E-state index contributed by atoms with van der Waals surface area (Å²) in [6.45, 7) is 1.92. The van der Waals surface area contributed by atoms with Gasteiger partial charge in [0.2, 0.25) is 5.91 Å². The standard InChI is InChI=1S/C27H31N3O3/c28-27(32)30-17-22-3-1-2-4-24(22)25(30)20-7-5-18(6-8-20)19-9-11-23(12-10-19)29-26(31)21-13-15-33-16-14-21/h1-9,21,23,25H,10-17H2,(H2,28,32)(H,29,31). The van der Waals surface area contributed by atoms with Gasteiger partial charge in [-0.15, -0.1) is 0 Å². The second-order valence-corrected chi connectivity index (χ2v) is 9.29. The molecule has 2 aromatic rings. The molecule has 0 radical (unpaired) electrons. The lowest BCUT2D eigenvalue weighted by molar-refractivity contribution is -0.128. The first kappa shape index (κ1) is 21.7. The summed E-state index contributed by atoms with van der Waals surface area (Å²) < 4.78 is 5.36. The number of carbonyl (C=O) groups is 2. The minimum Gasteiger partial charge on any atom is -0.381 e. The molecule has 2 aromatic carbocycles. The molecule has 2 heterocycles. The number of hydrogen-bond acceptors (Lipinski definition) is 3. The molecule has 1 aliphatic carbocycles. The zero-order chi connectivity index (χ0) is 22.8. The van der Waals surface area contributed by atoms with Gasteiger partial charge in [0.1, 0.15) is 0 Å². The quantitative estimate of drug-likeness (QED) is 0.742. The molecule has 5 rings (SSSR count). The van der Waals surface area contributed by atoms with Gasteiger partial charge < -0.3 is 20.7 Å². The number of fused-ring (bicyclic) bond motifs is 1. The van der Waals surface area contributed by atoms with Gasteiger partial charge in [0, 0.05) is 31.7 Å².